The third-order valence-electron chi connectivity index (χ3n) is 4.10. The fourth-order valence-corrected chi connectivity index (χ4v) is 2.69. The van der Waals surface area contributed by atoms with Gasteiger partial charge in [0.05, 0.1) is 11.8 Å². The lowest BCUT2D eigenvalue weighted by Gasteiger charge is -2.31. The van der Waals surface area contributed by atoms with Crippen LogP contribution in [0.25, 0.3) is 11.4 Å². The van der Waals surface area contributed by atoms with E-state index in [1.54, 1.807) is 0 Å². The summed E-state index contributed by atoms with van der Waals surface area (Å²) >= 11 is 0. The molecule has 3 N–H and O–H groups in total. The largest absolute Gasteiger partial charge is 0.339 e. The van der Waals surface area contributed by atoms with E-state index in [1.807, 2.05) is 24.9 Å². The topological polar surface area (TPSA) is 88.7 Å². The van der Waals surface area contributed by atoms with E-state index in [1.165, 1.54) is 6.42 Å². The van der Waals surface area contributed by atoms with Gasteiger partial charge in [-0.05, 0) is 32.2 Å². The van der Waals surface area contributed by atoms with Crippen LogP contribution in [0.5, 0.6) is 0 Å². The predicted molar refractivity (Wildman–Crippen MR) is 77.3 cm³/mol. The fourth-order valence-electron chi connectivity index (χ4n) is 2.69. The Morgan fingerprint density at radius 2 is 2.35 bits per heavy atom. The molecule has 1 aliphatic rings. The van der Waals surface area contributed by atoms with Gasteiger partial charge < -0.3 is 10.6 Å². The quantitative estimate of drug-likeness (QED) is 0.860. The number of nitrogens with one attached hydrogen (secondary N) is 1. The molecular weight excluding hydrogens is 254 g/mol. The molecule has 0 aliphatic carbocycles. The van der Waals surface area contributed by atoms with Gasteiger partial charge in [0.25, 0.3) is 0 Å². The molecule has 1 unspecified atom stereocenters. The highest BCUT2D eigenvalue weighted by Gasteiger charge is 2.22. The Morgan fingerprint density at radius 3 is 3.05 bits per heavy atom. The lowest BCUT2D eigenvalue weighted by molar-refractivity contribution is 0.420. The Labute approximate surface area is 118 Å². The third kappa shape index (κ3) is 2.29. The van der Waals surface area contributed by atoms with Gasteiger partial charge in [0.2, 0.25) is 5.95 Å². The average molecular weight is 275 g/mol. The lowest BCUT2D eigenvalue weighted by Crippen LogP contribution is -2.38. The summed E-state index contributed by atoms with van der Waals surface area (Å²) in [5, 5.41) is 11.6. The van der Waals surface area contributed by atoms with Crippen molar-refractivity contribution in [3.05, 3.63) is 11.9 Å². The molecule has 0 saturated carbocycles. The van der Waals surface area contributed by atoms with E-state index in [4.69, 9.17) is 5.73 Å². The van der Waals surface area contributed by atoms with Crippen LogP contribution in [-0.2, 0) is 7.05 Å². The zero-order valence-electron chi connectivity index (χ0n) is 12.0. The monoisotopic (exact) mass is 275 g/mol. The van der Waals surface area contributed by atoms with Gasteiger partial charge in [-0.2, -0.15) is 10.1 Å². The smallest absolute Gasteiger partial charge is 0.245 e. The molecular formula is C13H21N7. The molecule has 0 aromatic carbocycles. The second-order valence-corrected chi connectivity index (χ2v) is 5.44. The minimum absolute atomic E-state index is 0.547. The maximum absolute atomic E-state index is 5.78. The molecule has 2 aromatic heterocycles. The van der Waals surface area contributed by atoms with Crippen LogP contribution in [0.4, 0.5) is 5.95 Å². The summed E-state index contributed by atoms with van der Waals surface area (Å²) in [6.07, 6.45) is 4.17. The molecule has 3 heterocycles. The molecule has 0 spiro atoms. The molecule has 108 valence electrons. The number of nitrogens with zero attached hydrogens (tertiary/aromatic N) is 5. The Balaban J connectivity index is 1.81. The van der Waals surface area contributed by atoms with Crippen LogP contribution < -0.4 is 10.6 Å². The number of aromatic amines is 1. The van der Waals surface area contributed by atoms with Crippen molar-refractivity contribution in [2.24, 2.45) is 18.7 Å². The normalized spacial score (nSPS) is 19.6. The highest BCUT2D eigenvalue weighted by Crippen LogP contribution is 2.23. The standard InChI is InChI=1S/C13H21N7/c1-9-11(7-15-19(9)2)12-16-13(18-17-12)20-5-3-4-10(6-14)8-20/h7,10H,3-6,8,14H2,1-2H3,(H,16,17,18). The van der Waals surface area contributed by atoms with Gasteiger partial charge in [0.15, 0.2) is 5.82 Å². The number of nitrogens with two attached hydrogens (primary N) is 1. The zero-order valence-corrected chi connectivity index (χ0v) is 12.0. The van der Waals surface area contributed by atoms with Gasteiger partial charge in [-0.1, -0.05) is 0 Å². The molecule has 7 nitrogen and oxygen atoms in total. The number of hydrogen-bond donors (Lipinski definition) is 2. The molecule has 2 aromatic rings. The first-order valence-corrected chi connectivity index (χ1v) is 7.05. The second-order valence-electron chi connectivity index (χ2n) is 5.44. The van der Waals surface area contributed by atoms with Gasteiger partial charge in [-0.3, -0.25) is 9.78 Å². The van der Waals surface area contributed by atoms with Crippen molar-refractivity contribution in [2.75, 3.05) is 24.5 Å². The molecule has 0 amide bonds. The van der Waals surface area contributed by atoms with Crippen LogP contribution >= 0.6 is 0 Å². The summed E-state index contributed by atoms with van der Waals surface area (Å²) in [5.74, 6) is 2.09. The first-order valence-electron chi connectivity index (χ1n) is 7.05. The Bertz CT molecular complexity index is 585. The number of hydrogen-bond acceptors (Lipinski definition) is 5. The van der Waals surface area contributed by atoms with Crippen molar-refractivity contribution in [2.45, 2.75) is 19.8 Å². The second kappa shape index (κ2) is 5.24. The van der Waals surface area contributed by atoms with Crippen molar-refractivity contribution in [1.82, 2.24) is 25.0 Å². The first kappa shape index (κ1) is 13.1. The van der Waals surface area contributed by atoms with Crippen LogP contribution in [0, 0.1) is 12.8 Å². The van der Waals surface area contributed by atoms with Crippen molar-refractivity contribution in [3.8, 4) is 11.4 Å². The Hall–Kier alpha value is -1.89. The summed E-state index contributed by atoms with van der Waals surface area (Å²) in [6.45, 7) is 4.70. The molecule has 0 bridgehead atoms. The summed E-state index contributed by atoms with van der Waals surface area (Å²) in [4.78, 5) is 6.83. The van der Waals surface area contributed by atoms with E-state index in [0.29, 0.717) is 5.92 Å². The van der Waals surface area contributed by atoms with E-state index in [9.17, 15) is 0 Å². The minimum Gasteiger partial charge on any atom is -0.339 e. The van der Waals surface area contributed by atoms with Crippen LogP contribution in [0.2, 0.25) is 0 Å². The number of anilines is 1. The molecule has 1 aliphatic heterocycles. The Kier molecular flexibility index (Phi) is 3.43. The van der Waals surface area contributed by atoms with Gasteiger partial charge >= 0.3 is 0 Å². The maximum Gasteiger partial charge on any atom is 0.245 e. The fraction of sp³-hybridized carbons (Fsp3) is 0.615. The summed E-state index contributed by atoms with van der Waals surface area (Å²) in [6, 6.07) is 0. The van der Waals surface area contributed by atoms with Gasteiger partial charge in [0.1, 0.15) is 0 Å². The number of piperidine rings is 1. The minimum atomic E-state index is 0.547. The van der Waals surface area contributed by atoms with E-state index in [-0.39, 0.29) is 0 Å². The van der Waals surface area contributed by atoms with Crippen LogP contribution in [0.3, 0.4) is 0 Å². The summed E-state index contributed by atoms with van der Waals surface area (Å²) in [7, 11) is 1.92. The van der Waals surface area contributed by atoms with E-state index in [0.717, 1.165) is 49.1 Å². The maximum atomic E-state index is 5.78. The molecule has 1 saturated heterocycles. The van der Waals surface area contributed by atoms with Crippen LogP contribution in [0.1, 0.15) is 18.5 Å². The molecule has 3 rings (SSSR count). The number of rotatable bonds is 3. The molecule has 1 fully saturated rings. The molecule has 0 radical (unpaired) electrons. The van der Waals surface area contributed by atoms with E-state index >= 15 is 0 Å². The van der Waals surface area contributed by atoms with Gasteiger partial charge in [0, 0.05) is 25.8 Å². The molecule has 7 heteroatoms. The van der Waals surface area contributed by atoms with Crippen molar-refractivity contribution >= 4 is 5.95 Å². The highest BCUT2D eigenvalue weighted by atomic mass is 15.4. The van der Waals surface area contributed by atoms with Crippen molar-refractivity contribution in [3.63, 3.8) is 0 Å². The van der Waals surface area contributed by atoms with E-state index in [2.05, 4.69) is 25.2 Å². The van der Waals surface area contributed by atoms with Gasteiger partial charge in [-0.25, -0.2) is 0 Å². The number of aryl methyl sites for hydroxylation is 1. The summed E-state index contributed by atoms with van der Waals surface area (Å²) < 4.78 is 1.84. The first-order chi connectivity index (χ1) is 9.69. The molecule has 1 atom stereocenters. The van der Waals surface area contributed by atoms with Gasteiger partial charge in [-0.15, -0.1) is 5.10 Å². The Morgan fingerprint density at radius 1 is 1.50 bits per heavy atom. The lowest BCUT2D eigenvalue weighted by atomic mass is 9.99. The average Bonchev–Trinajstić information content (AvgIpc) is 3.07. The van der Waals surface area contributed by atoms with Crippen molar-refractivity contribution < 1.29 is 0 Å². The predicted octanol–water partition coefficient (Wildman–Crippen LogP) is 0.689. The summed E-state index contributed by atoms with van der Waals surface area (Å²) in [5.41, 5.74) is 7.85. The number of aromatic nitrogens is 5. The number of H-pyrrole nitrogens is 1. The highest BCUT2D eigenvalue weighted by molar-refractivity contribution is 5.58. The van der Waals surface area contributed by atoms with Crippen molar-refractivity contribution in [1.29, 1.82) is 0 Å². The van der Waals surface area contributed by atoms with Crippen LogP contribution in [-0.4, -0.2) is 44.6 Å². The van der Waals surface area contributed by atoms with E-state index < -0.39 is 0 Å². The van der Waals surface area contributed by atoms with Crippen LogP contribution in [0.15, 0.2) is 6.20 Å². The molecule has 20 heavy (non-hydrogen) atoms. The zero-order chi connectivity index (χ0) is 14.1. The third-order valence-corrected chi connectivity index (χ3v) is 4.10. The SMILES string of the molecule is Cc1c(-c2nc(N3CCCC(CN)C3)n[nH]2)cnn1C.